The van der Waals surface area contributed by atoms with Gasteiger partial charge in [0.05, 0.1) is 23.1 Å². The largest absolute Gasteiger partial charge is 0.339 e. The van der Waals surface area contributed by atoms with E-state index in [9.17, 15) is 13.2 Å². The Morgan fingerprint density at radius 2 is 1.91 bits per heavy atom. The molecule has 1 aromatic rings. The van der Waals surface area contributed by atoms with Gasteiger partial charge in [0.25, 0.3) is 0 Å². The first-order valence-electron chi connectivity index (χ1n) is 6.90. The number of benzene rings is 1. The number of hydrogen-bond acceptors (Lipinski definition) is 5. The Kier molecular flexibility index (Phi) is 5.13. The van der Waals surface area contributed by atoms with Crippen LogP contribution >= 0.6 is 0 Å². The van der Waals surface area contributed by atoms with Crippen molar-refractivity contribution in [3.05, 3.63) is 29.8 Å². The van der Waals surface area contributed by atoms with Crippen LogP contribution in [0.1, 0.15) is 5.56 Å². The lowest BCUT2D eigenvalue weighted by molar-refractivity contribution is -0.131. The quantitative estimate of drug-likeness (QED) is 0.815. The SMILES string of the molecule is CN(CC(=O)N1CCNCC1)S(=O)(=O)c1ccc(C#N)cc1. The molecule has 118 valence electrons. The number of hydrogen-bond donors (Lipinski definition) is 1. The third kappa shape index (κ3) is 3.62. The van der Waals surface area contributed by atoms with E-state index >= 15 is 0 Å². The maximum absolute atomic E-state index is 12.4. The lowest BCUT2D eigenvalue weighted by Gasteiger charge is -2.29. The molecule has 1 heterocycles. The van der Waals surface area contributed by atoms with Crippen LogP contribution in [0.5, 0.6) is 0 Å². The van der Waals surface area contributed by atoms with Gasteiger partial charge in [-0.1, -0.05) is 0 Å². The summed E-state index contributed by atoms with van der Waals surface area (Å²) in [7, 11) is -2.35. The Morgan fingerprint density at radius 1 is 1.32 bits per heavy atom. The number of carbonyl (C=O) groups is 1. The molecule has 0 bridgehead atoms. The summed E-state index contributed by atoms with van der Waals surface area (Å²) >= 11 is 0. The zero-order valence-corrected chi connectivity index (χ0v) is 13.1. The lowest BCUT2D eigenvalue weighted by atomic mass is 10.2. The van der Waals surface area contributed by atoms with Gasteiger partial charge in [-0.05, 0) is 24.3 Å². The zero-order chi connectivity index (χ0) is 16.2. The summed E-state index contributed by atoms with van der Waals surface area (Å²) in [4.78, 5) is 13.9. The van der Waals surface area contributed by atoms with Crippen LogP contribution in [-0.2, 0) is 14.8 Å². The van der Waals surface area contributed by atoms with Crippen molar-refractivity contribution < 1.29 is 13.2 Å². The third-order valence-corrected chi connectivity index (χ3v) is 5.34. The molecule has 0 aliphatic carbocycles. The van der Waals surface area contributed by atoms with E-state index in [0.29, 0.717) is 18.7 Å². The van der Waals surface area contributed by atoms with E-state index in [1.165, 1.54) is 31.3 Å². The van der Waals surface area contributed by atoms with Crippen molar-refractivity contribution in [1.82, 2.24) is 14.5 Å². The van der Waals surface area contributed by atoms with E-state index in [-0.39, 0.29) is 17.3 Å². The third-order valence-electron chi connectivity index (χ3n) is 3.52. The maximum Gasteiger partial charge on any atom is 0.243 e. The minimum absolute atomic E-state index is 0.0714. The summed E-state index contributed by atoms with van der Waals surface area (Å²) in [5.41, 5.74) is 0.387. The van der Waals surface area contributed by atoms with Crippen molar-refractivity contribution in [3.63, 3.8) is 0 Å². The number of sulfonamides is 1. The van der Waals surface area contributed by atoms with Gasteiger partial charge in [-0.3, -0.25) is 4.79 Å². The molecule has 0 saturated carbocycles. The number of piperazine rings is 1. The summed E-state index contributed by atoms with van der Waals surface area (Å²) in [6, 6.07) is 7.57. The highest BCUT2D eigenvalue weighted by Crippen LogP contribution is 2.15. The number of rotatable bonds is 4. The summed E-state index contributed by atoms with van der Waals surface area (Å²) in [5.74, 6) is -0.207. The van der Waals surface area contributed by atoms with Crippen molar-refractivity contribution in [2.75, 3.05) is 39.8 Å². The Hall–Kier alpha value is -1.95. The molecule has 0 spiro atoms. The lowest BCUT2D eigenvalue weighted by Crippen LogP contribution is -2.49. The van der Waals surface area contributed by atoms with Gasteiger partial charge < -0.3 is 10.2 Å². The first kappa shape index (κ1) is 16.4. The fourth-order valence-electron chi connectivity index (χ4n) is 2.17. The van der Waals surface area contributed by atoms with E-state index < -0.39 is 10.0 Å². The van der Waals surface area contributed by atoms with Gasteiger partial charge >= 0.3 is 0 Å². The molecule has 1 amide bonds. The van der Waals surface area contributed by atoms with Crippen LogP contribution in [0.15, 0.2) is 29.2 Å². The second-order valence-corrected chi connectivity index (χ2v) is 7.07. The van der Waals surface area contributed by atoms with Gasteiger partial charge in [-0.15, -0.1) is 0 Å². The smallest absolute Gasteiger partial charge is 0.243 e. The fourth-order valence-corrected chi connectivity index (χ4v) is 3.29. The van der Waals surface area contributed by atoms with Gasteiger partial charge in [-0.2, -0.15) is 9.57 Å². The van der Waals surface area contributed by atoms with E-state index in [2.05, 4.69) is 5.32 Å². The molecule has 22 heavy (non-hydrogen) atoms. The standard InChI is InChI=1S/C14H18N4O3S/c1-17(11-14(19)18-8-6-16-7-9-18)22(20,21)13-4-2-12(10-15)3-5-13/h2-5,16H,6-9,11H2,1H3. The second-order valence-electron chi connectivity index (χ2n) is 5.03. The molecule has 0 unspecified atom stereocenters. The molecule has 8 heteroatoms. The van der Waals surface area contributed by atoms with Crippen molar-refractivity contribution >= 4 is 15.9 Å². The minimum atomic E-state index is -3.74. The van der Waals surface area contributed by atoms with Gasteiger partial charge in [-0.25, -0.2) is 8.42 Å². The minimum Gasteiger partial charge on any atom is -0.339 e. The van der Waals surface area contributed by atoms with Crippen molar-refractivity contribution in [2.24, 2.45) is 0 Å². The van der Waals surface area contributed by atoms with Gasteiger partial charge in [0, 0.05) is 33.2 Å². The van der Waals surface area contributed by atoms with Crippen LogP contribution in [0.4, 0.5) is 0 Å². The molecule has 7 nitrogen and oxygen atoms in total. The van der Waals surface area contributed by atoms with E-state index in [0.717, 1.165) is 17.4 Å². The summed E-state index contributed by atoms with van der Waals surface area (Å²) in [6.45, 7) is 2.42. The Morgan fingerprint density at radius 3 is 2.45 bits per heavy atom. The highest BCUT2D eigenvalue weighted by atomic mass is 32.2. The average molecular weight is 322 g/mol. The highest BCUT2D eigenvalue weighted by Gasteiger charge is 2.25. The van der Waals surface area contributed by atoms with Crippen LogP contribution in [0.3, 0.4) is 0 Å². The van der Waals surface area contributed by atoms with E-state index in [1.807, 2.05) is 6.07 Å². The Balaban J connectivity index is 2.07. The average Bonchev–Trinajstić information content (AvgIpc) is 2.55. The molecule has 1 aliphatic rings. The van der Waals surface area contributed by atoms with Gasteiger partial charge in [0.2, 0.25) is 15.9 Å². The van der Waals surface area contributed by atoms with Crippen LogP contribution in [0.2, 0.25) is 0 Å². The second kappa shape index (κ2) is 6.87. The maximum atomic E-state index is 12.4. The molecule has 0 radical (unpaired) electrons. The van der Waals surface area contributed by atoms with Crippen molar-refractivity contribution in [1.29, 1.82) is 5.26 Å². The van der Waals surface area contributed by atoms with Crippen molar-refractivity contribution in [3.8, 4) is 6.07 Å². The highest BCUT2D eigenvalue weighted by molar-refractivity contribution is 7.89. The topological polar surface area (TPSA) is 93.5 Å². The van der Waals surface area contributed by atoms with Crippen LogP contribution in [-0.4, -0.2) is 63.3 Å². The predicted molar refractivity (Wildman–Crippen MR) is 80.4 cm³/mol. The number of likely N-dealkylation sites (N-methyl/N-ethyl adjacent to an activating group) is 1. The molecule has 1 aliphatic heterocycles. The van der Waals surface area contributed by atoms with E-state index in [4.69, 9.17) is 5.26 Å². The molecule has 1 aromatic carbocycles. The molecule has 1 fully saturated rings. The van der Waals surface area contributed by atoms with Crippen LogP contribution in [0.25, 0.3) is 0 Å². The number of nitrogens with zero attached hydrogens (tertiary/aromatic N) is 3. The molecule has 0 atom stereocenters. The van der Waals surface area contributed by atoms with E-state index in [1.54, 1.807) is 4.90 Å². The summed E-state index contributed by atoms with van der Waals surface area (Å²) in [5, 5.41) is 11.9. The molecule has 1 saturated heterocycles. The number of nitrogens with one attached hydrogen (secondary N) is 1. The summed E-state index contributed by atoms with van der Waals surface area (Å²) < 4.78 is 25.9. The molecular formula is C14H18N4O3S. The normalized spacial score (nSPS) is 15.6. The van der Waals surface area contributed by atoms with Gasteiger partial charge in [0.15, 0.2) is 0 Å². The molecule has 2 rings (SSSR count). The van der Waals surface area contributed by atoms with Crippen LogP contribution < -0.4 is 5.32 Å². The monoisotopic (exact) mass is 322 g/mol. The van der Waals surface area contributed by atoms with Crippen molar-refractivity contribution in [2.45, 2.75) is 4.90 Å². The summed E-state index contributed by atoms with van der Waals surface area (Å²) in [6.07, 6.45) is 0. The van der Waals surface area contributed by atoms with Gasteiger partial charge in [0.1, 0.15) is 0 Å². The molecular weight excluding hydrogens is 304 g/mol. The number of amides is 1. The first-order valence-corrected chi connectivity index (χ1v) is 8.34. The number of nitriles is 1. The molecule has 0 aromatic heterocycles. The number of carbonyl (C=O) groups excluding carboxylic acids is 1. The first-order chi connectivity index (χ1) is 10.4. The van der Waals surface area contributed by atoms with Crippen LogP contribution in [0, 0.1) is 11.3 Å². The Bertz CT molecular complexity index is 673. The Labute approximate surface area is 130 Å². The fraction of sp³-hybridized carbons (Fsp3) is 0.429. The zero-order valence-electron chi connectivity index (χ0n) is 12.3. The molecule has 1 N–H and O–H groups in total. The predicted octanol–water partition coefficient (Wildman–Crippen LogP) is -0.389.